The smallest absolute Gasteiger partial charge is 0.335 e. The van der Waals surface area contributed by atoms with Gasteiger partial charge in [-0.25, -0.2) is 4.79 Å². The molecule has 0 saturated carbocycles. The fourth-order valence-electron chi connectivity index (χ4n) is 2.81. The van der Waals surface area contributed by atoms with Crippen molar-refractivity contribution < 1.29 is 9.90 Å². The number of carbonyl (C=O) groups is 1. The molecule has 2 aromatic carbocycles. The minimum absolute atomic E-state index is 0.155. The van der Waals surface area contributed by atoms with Crippen LogP contribution in [0.4, 0.5) is 0 Å². The number of carboxylic acids is 1. The molecule has 0 unspecified atom stereocenters. The summed E-state index contributed by atoms with van der Waals surface area (Å²) < 4.78 is 1.62. The summed E-state index contributed by atoms with van der Waals surface area (Å²) in [4.78, 5) is 23.5. The SMILES string of the molecule is Cc1cc(C(=O)O)cc2ccc(=O)n(Cc3ccc(C#N)cc3)c12. The van der Waals surface area contributed by atoms with E-state index in [1.54, 1.807) is 41.8 Å². The Morgan fingerprint density at radius 2 is 1.88 bits per heavy atom. The fraction of sp³-hybridized carbons (Fsp3) is 0.105. The van der Waals surface area contributed by atoms with Gasteiger partial charge in [0.1, 0.15) is 0 Å². The molecule has 1 aromatic heterocycles. The lowest BCUT2D eigenvalue weighted by molar-refractivity contribution is 0.0697. The van der Waals surface area contributed by atoms with E-state index < -0.39 is 5.97 Å². The number of pyridine rings is 1. The van der Waals surface area contributed by atoms with E-state index >= 15 is 0 Å². The Labute approximate surface area is 138 Å². The van der Waals surface area contributed by atoms with Crippen molar-refractivity contribution in [1.82, 2.24) is 4.57 Å². The molecule has 0 aliphatic rings. The maximum atomic E-state index is 12.3. The second-order valence-corrected chi connectivity index (χ2v) is 5.60. The number of carboxylic acid groups (broad SMARTS) is 1. The van der Waals surface area contributed by atoms with Crippen LogP contribution in [0.15, 0.2) is 53.3 Å². The van der Waals surface area contributed by atoms with Crippen LogP contribution < -0.4 is 5.56 Å². The summed E-state index contributed by atoms with van der Waals surface area (Å²) in [5, 5.41) is 18.7. The maximum absolute atomic E-state index is 12.3. The van der Waals surface area contributed by atoms with Crippen molar-refractivity contribution in [2.24, 2.45) is 0 Å². The zero-order chi connectivity index (χ0) is 17.3. The monoisotopic (exact) mass is 318 g/mol. The number of benzene rings is 2. The van der Waals surface area contributed by atoms with Crippen molar-refractivity contribution in [2.45, 2.75) is 13.5 Å². The lowest BCUT2D eigenvalue weighted by Gasteiger charge is -2.13. The van der Waals surface area contributed by atoms with Crippen molar-refractivity contribution in [1.29, 1.82) is 5.26 Å². The molecule has 5 nitrogen and oxygen atoms in total. The largest absolute Gasteiger partial charge is 0.478 e. The van der Waals surface area contributed by atoms with E-state index in [2.05, 4.69) is 6.07 Å². The molecule has 24 heavy (non-hydrogen) atoms. The molecule has 0 aliphatic carbocycles. The van der Waals surface area contributed by atoms with Gasteiger partial charge in [0.25, 0.3) is 5.56 Å². The first-order valence-corrected chi connectivity index (χ1v) is 7.36. The van der Waals surface area contributed by atoms with Crippen molar-refractivity contribution in [3.63, 3.8) is 0 Å². The molecule has 1 N–H and O–H groups in total. The highest BCUT2D eigenvalue weighted by molar-refractivity contribution is 5.94. The standard InChI is InChI=1S/C19H14N2O3/c1-12-8-16(19(23)24)9-15-6-7-17(22)21(18(12)15)11-14-4-2-13(10-20)3-5-14/h2-9H,11H2,1H3,(H,23,24). The molecular weight excluding hydrogens is 304 g/mol. The van der Waals surface area contributed by atoms with Crippen LogP contribution >= 0.6 is 0 Å². The van der Waals surface area contributed by atoms with Crippen molar-refractivity contribution in [3.05, 3.63) is 81.1 Å². The van der Waals surface area contributed by atoms with Gasteiger partial charge in [0.05, 0.1) is 29.3 Å². The first-order valence-electron chi connectivity index (χ1n) is 7.36. The summed E-state index contributed by atoms with van der Waals surface area (Å²) in [6.07, 6.45) is 0. The zero-order valence-corrected chi connectivity index (χ0v) is 13.0. The average Bonchev–Trinajstić information content (AvgIpc) is 2.57. The third-order valence-electron chi connectivity index (χ3n) is 3.94. The minimum atomic E-state index is -0.996. The first kappa shape index (κ1) is 15.5. The van der Waals surface area contributed by atoms with Crippen LogP contribution in [0.3, 0.4) is 0 Å². The Morgan fingerprint density at radius 3 is 2.50 bits per heavy atom. The van der Waals surface area contributed by atoms with E-state index in [0.717, 1.165) is 16.6 Å². The molecule has 3 rings (SSSR count). The Kier molecular flexibility index (Phi) is 3.88. The summed E-state index contributed by atoms with van der Waals surface area (Å²) >= 11 is 0. The molecule has 0 fully saturated rings. The summed E-state index contributed by atoms with van der Waals surface area (Å²) in [6.45, 7) is 2.15. The molecular formula is C19H14N2O3. The van der Waals surface area contributed by atoms with Gasteiger partial charge < -0.3 is 9.67 Å². The van der Waals surface area contributed by atoms with E-state index in [1.807, 2.05) is 12.1 Å². The lowest BCUT2D eigenvalue weighted by atomic mass is 10.0. The molecule has 0 bridgehead atoms. The van der Waals surface area contributed by atoms with Crippen LogP contribution in [0.25, 0.3) is 10.9 Å². The predicted molar refractivity (Wildman–Crippen MR) is 90.2 cm³/mol. The Balaban J connectivity index is 2.16. The van der Waals surface area contributed by atoms with Gasteiger partial charge >= 0.3 is 5.97 Å². The highest BCUT2D eigenvalue weighted by atomic mass is 16.4. The third kappa shape index (κ3) is 2.77. The quantitative estimate of drug-likeness (QED) is 0.805. The molecule has 0 radical (unpaired) electrons. The van der Waals surface area contributed by atoms with Crippen LogP contribution in [-0.2, 0) is 6.54 Å². The van der Waals surface area contributed by atoms with Crippen molar-refractivity contribution in [3.8, 4) is 6.07 Å². The van der Waals surface area contributed by atoms with Crippen LogP contribution in [0.5, 0.6) is 0 Å². The number of fused-ring (bicyclic) bond motifs is 1. The van der Waals surface area contributed by atoms with Crippen LogP contribution in [0.1, 0.15) is 27.0 Å². The molecule has 5 heteroatoms. The van der Waals surface area contributed by atoms with Gasteiger partial charge in [-0.2, -0.15) is 5.26 Å². The molecule has 0 aliphatic heterocycles. The molecule has 0 saturated heterocycles. The molecule has 0 atom stereocenters. The Bertz CT molecular complexity index is 1040. The van der Waals surface area contributed by atoms with E-state index in [9.17, 15) is 14.7 Å². The molecule has 118 valence electrons. The first-order chi connectivity index (χ1) is 11.5. The van der Waals surface area contributed by atoms with Gasteiger partial charge in [-0.1, -0.05) is 12.1 Å². The number of rotatable bonds is 3. The predicted octanol–water partition coefficient (Wildman–Crippen LogP) is 2.93. The minimum Gasteiger partial charge on any atom is -0.478 e. The summed E-state index contributed by atoms with van der Waals surface area (Å²) in [5.41, 5.74) is 2.95. The Hall–Kier alpha value is -3.39. The van der Waals surface area contributed by atoms with Crippen molar-refractivity contribution >= 4 is 16.9 Å². The number of aryl methyl sites for hydroxylation is 1. The number of aromatic carboxylic acids is 1. The van der Waals surface area contributed by atoms with E-state index in [1.165, 1.54) is 6.07 Å². The number of nitrogens with zero attached hydrogens (tertiary/aromatic N) is 2. The summed E-state index contributed by atoms with van der Waals surface area (Å²) in [7, 11) is 0. The third-order valence-corrected chi connectivity index (χ3v) is 3.94. The van der Waals surface area contributed by atoms with Crippen LogP contribution in [-0.4, -0.2) is 15.6 Å². The molecule has 0 spiro atoms. The maximum Gasteiger partial charge on any atom is 0.335 e. The number of hydrogen-bond acceptors (Lipinski definition) is 3. The van der Waals surface area contributed by atoms with Gasteiger partial charge in [0.15, 0.2) is 0 Å². The van der Waals surface area contributed by atoms with E-state index in [-0.39, 0.29) is 11.1 Å². The number of aromatic nitrogens is 1. The van der Waals surface area contributed by atoms with Gasteiger partial charge in [0.2, 0.25) is 0 Å². The number of hydrogen-bond donors (Lipinski definition) is 1. The van der Waals surface area contributed by atoms with Crippen LogP contribution in [0.2, 0.25) is 0 Å². The molecule has 1 heterocycles. The highest BCUT2D eigenvalue weighted by Crippen LogP contribution is 2.20. The van der Waals surface area contributed by atoms with Crippen LogP contribution in [0, 0.1) is 18.3 Å². The summed E-state index contributed by atoms with van der Waals surface area (Å²) in [6, 6.07) is 15.3. The second kappa shape index (κ2) is 6.01. The van der Waals surface area contributed by atoms with Crippen molar-refractivity contribution in [2.75, 3.05) is 0 Å². The second-order valence-electron chi connectivity index (χ2n) is 5.60. The van der Waals surface area contributed by atoms with E-state index in [0.29, 0.717) is 17.5 Å². The fourth-order valence-corrected chi connectivity index (χ4v) is 2.81. The van der Waals surface area contributed by atoms with Gasteiger partial charge in [-0.3, -0.25) is 4.79 Å². The topological polar surface area (TPSA) is 83.1 Å². The van der Waals surface area contributed by atoms with Gasteiger partial charge in [-0.05, 0) is 53.8 Å². The van der Waals surface area contributed by atoms with E-state index in [4.69, 9.17) is 5.26 Å². The van der Waals surface area contributed by atoms with Gasteiger partial charge in [-0.15, -0.1) is 0 Å². The summed E-state index contributed by atoms with van der Waals surface area (Å²) in [5.74, 6) is -0.996. The molecule has 0 amide bonds. The Morgan fingerprint density at radius 1 is 1.17 bits per heavy atom. The number of nitriles is 1. The normalized spacial score (nSPS) is 10.5. The highest BCUT2D eigenvalue weighted by Gasteiger charge is 2.11. The molecule has 3 aromatic rings. The zero-order valence-electron chi connectivity index (χ0n) is 13.0. The van der Waals surface area contributed by atoms with Gasteiger partial charge in [0, 0.05) is 6.07 Å². The average molecular weight is 318 g/mol. The lowest BCUT2D eigenvalue weighted by Crippen LogP contribution is -2.20.